The van der Waals surface area contributed by atoms with Gasteiger partial charge >= 0.3 is 6.09 Å². The highest BCUT2D eigenvalue weighted by molar-refractivity contribution is 7.73. The van der Waals surface area contributed by atoms with Crippen LogP contribution < -0.4 is 10.6 Å². The molecule has 1 aromatic rings. The van der Waals surface area contributed by atoms with Gasteiger partial charge in [-0.15, -0.1) is 5.10 Å². The van der Waals surface area contributed by atoms with Crippen molar-refractivity contribution in [3.63, 3.8) is 0 Å². The zero-order valence-corrected chi connectivity index (χ0v) is 12.4. The number of hydrogen-bond acceptors (Lipinski definition) is 5. The predicted molar refractivity (Wildman–Crippen MR) is 74.9 cm³/mol. The highest BCUT2D eigenvalue weighted by Gasteiger charge is 2.35. The van der Waals surface area contributed by atoms with Gasteiger partial charge in [0, 0.05) is 0 Å². The lowest BCUT2D eigenvalue weighted by molar-refractivity contribution is -0.120. The van der Waals surface area contributed by atoms with Crippen LogP contribution in [0.4, 0.5) is 9.93 Å². The molecule has 0 radical (unpaired) electrons. The van der Waals surface area contributed by atoms with Gasteiger partial charge in [-0.25, -0.2) is 4.79 Å². The van der Waals surface area contributed by atoms with Crippen LogP contribution in [-0.4, -0.2) is 33.3 Å². The molecule has 0 aliphatic carbocycles. The third-order valence-corrected chi connectivity index (χ3v) is 3.90. The van der Waals surface area contributed by atoms with Gasteiger partial charge in [0.05, 0.1) is 0 Å². The van der Waals surface area contributed by atoms with Gasteiger partial charge in [0.15, 0.2) is 3.95 Å². The molecule has 0 fully saturated rings. The summed E-state index contributed by atoms with van der Waals surface area (Å²) in [5.74, 6) is -0.452. The van der Waals surface area contributed by atoms with Crippen LogP contribution in [0.2, 0.25) is 0 Å². The van der Waals surface area contributed by atoms with Crippen LogP contribution in [0.1, 0.15) is 27.2 Å². The second kappa shape index (κ2) is 6.11. The number of anilines is 1. The van der Waals surface area contributed by atoms with Gasteiger partial charge in [-0.1, -0.05) is 32.1 Å². The normalized spacial score (nSPS) is 12.8. The third kappa shape index (κ3) is 4.28. The van der Waals surface area contributed by atoms with Crippen LogP contribution in [-0.2, 0) is 4.79 Å². The van der Waals surface area contributed by atoms with Crippen molar-refractivity contribution < 1.29 is 14.7 Å². The number of aromatic nitrogens is 2. The van der Waals surface area contributed by atoms with E-state index in [1.165, 1.54) is 0 Å². The Hall–Kier alpha value is -1.48. The fourth-order valence-corrected chi connectivity index (χ4v) is 2.20. The van der Waals surface area contributed by atoms with Crippen molar-refractivity contribution in [3.05, 3.63) is 3.95 Å². The molecule has 0 aliphatic rings. The number of nitrogens with one attached hydrogen (secondary N) is 3. The van der Waals surface area contributed by atoms with Gasteiger partial charge in [0.2, 0.25) is 11.0 Å². The fraction of sp³-hybridized carbons (Fsp3) is 0.600. The molecular formula is C10H16N4O3S2. The minimum Gasteiger partial charge on any atom is -0.465 e. The average molecular weight is 304 g/mol. The maximum atomic E-state index is 12.1. The quantitative estimate of drug-likeness (QED) is 0.624. The summed E-state index contributed by atoms with van der Waals surface area (Å²) < 4.78 is 0.438. The molecular weight excluding hydrogens is 288 g/mol. The molecule has 106 valence electrons. The summed E-state index contributed by atoms with van der Waals surface area (Å²) in [5.41, 5.74) is -0.514. The lowest BCUT2D eigenvalue weighted by Crippen LogP contribution is -2.51. The minimum atomic E-state index is -1.24. The monoisotopic (exact) mass is 304 g/mol. The molecule has 4 N–H and O–H groups in total. The first-order chi connectivity index (χ1) is 8.76. The Bertz CT molecular complexity index is 523. The van der Waals surface area contributed by atoms with E-state index in [1.807, 2.05) is 20.8 Å². The first-order valence-corrected chi connectivity index (χ1v) is 6.84. The summed E-state index contributed by atoms with van der Waals surface area (Å²) in [4.78, 5) is 23.0. The number of amides is 2. The van der Waals surface area contributed by atoms with E-state index < -0.39 is 23.5 Å². The molecule has 1 rings (SSSR count). The molecule has 1 unspecified atom stereocenters. The van der Waals surface area contributed by atoms with Crippen LogP contribution in [0.3, 0.4) is 0 Å². The van der Waals surface area contributed by atoms with Crippen molar-refractivity contribution in [2.75, 3.05) is 5.32 Å². The van der Waals surface area contributed by atoms with E-state index >= 15 is 0 Å². The molecule has 19 heavy (non-hydrogen) atoms. The van der Waals surface area contributed by atoms with Crippen molar-refractivity contribution in [1.82, 2.24) is 15.5 Å². The van der Waals surface area contributed by atoms with E-state index in [1.54, 1.807) is 0 Å². The van der Waals surface area contributed by atoms with Crippen LogP contribution >= 0.6 is 23.6 Å². The van der Waals surface area contributed by atoms with Gasteiger partial charge in [0.25, 0.3) is 0 Å². The second-order valence-corrected chi connectivity index (χ2v) is 6.30. The van der Waals surface area contributed by atoms with Crippen molar-refractivity contribution in [2.45, 2.75) is 33.2 Å². The Morgan fingerprint density at radius 1 is 1.58 bits per heavy atom. The van der Waals surface area contributed by atoms with Crippen LogP contribution in [0.5, 0.6) is 0 Å². The molecule has 0 saturated heterocycles. The Balaban J connectivity index is 2.88. The number of carbonyl (C=O) groups is 2. The van der Waals surface area contributed by atoms with Crippen LogP contribution in [0.25, 0.3) is 0 Å². The van der Waals surface area contributed by atoms with Crippen LogP contribution in [0.15, 0.2) is 0 Å². The number of carbonyl (C=O) groups excluding carboxylic acids is 1. The molecule has 1 atom stereocenters. The van der Waals surface area contributed by atoms with Gasteiger partial charge < -0.3 is 10.4 Å². The van der Waals surface area contributed by atoms with Crippen LogP contribution in [0, 0.1) is 9.37 Å². The number of aromatic amines is 1. The number of nitrogens with zero attached hydrogens (tertiary/aromatic N) is 1. The summed E-state index contributed by atoms with van der Waals surface area (Å²) in [6.45, 7) is 5.53. The Morgan fingerprint density at radius 3 is 2.63 bits per heavy atom. The summed E-state index contributed by atoms with van der Waals surface area (Å²) >= 11 is 5.97. The standard InChI is InChI=1S/C10H16N4O3S2/c1-4-10(2,3)5(11-8(16)17)6(15)12-7-13-14-9(18)19-7/h5,11H,4H2,1-3H3,(H,14,18)(H,16,17)(H,12,13,15). The molecule has 0 saturated carbocycles. The zero-order chi connectivity index (χ0) is 14.6. The van der Waals surface area contributed by atoms with E-state index in [-0.39, 0.29) is 0 Å². The lowest BCUT2D eigenvalue weighted by Gasteiger charge is -2.31. The predicted octanol–water partition coefficient (Wildman–Crippen LogP) is 2.21. The molecule has 0 bridgehead atoms. The smallest absolute Gasteiger partial charge is 0.405 e. The maximum Gasteiger partial charge on any atom is 0.405 e. The summed E-state index contributed by atoms with van der Waals surface area (Å²) in [7, 11) is 0. The first-order valence-electron chi connectivity index (χ1n) is 5.62. The molecule has 0 aliphatic heterocycles. The number of carboxylic acid groups (broad SMARTS) is 1. The molecule has 1 heterocycles. The van der Waals surface area contributed by atoms with Crippen molar-refractivity contribution >= 4 is 40.7 Å². The van der Waals surface area contributed by atoms with E-state index in [0.29, 0.717) is 15.5 Å². The van der Waals surface area contributed by atoms with E-state index in [4.69, 9.17) is 17.3 Å². The van der Waals surface area contributed by atoms with E-state index in [2.05, 4.69) is 20.8 Å². The number of rotatable bonds is 5. The molecule has 0 aromatic carbocycles. The van der Waals surface area contributed by atoms with E-state index in [0.717, 1.165) is 11.3 Å². The SMILES string of the molecule is CCC(C)(C)C(NC(=O)O)C(=O)Nc1n[nH]c(=S)s1. The van der Waals surface area contributed by atoms with Gasteiger partial charge in [0.1, 0.15) is 6.04 Å². The molecule has 2 amide bonds. The third-order valence-electron chi connectivity index (χ3n) is 2.89. The summed E-state index contributed by atoms with van der Waals surface area (Å²) in [5, 5.41) is 20.3. The second-order valence-electron chi connectivity index (χ2n) is 4.63. The molecule has 0 spiro atoms. The van der Waals surface area contributed by atoms with Gasteiger partial charge in [-0.2, -0.15) is 0 Å². The van der Waals surface area contributed by atoms with E-state index in [9.17, 15) is 9.59 Å². The van der Waals surface area contributed by atoms with Crippen molar-refractivity contribution in [3.8, 4) is 0 Å². The molecule has 7 nitrogen and oxygen atoms in total. The average Bonchev–Trinajstić information content (AvgIpc) is 2.71. The van der Waals surface area contributed by atoms with Gasteiger partial charge in [-0.3, -0.25) is 15.2 Å². The first kappa shape index (κ1) is 15.6. The highest BCUT2D eigenvalue weighted by Crippen LogP contribution is 2.26. The van der Waals surface area contributed by atoms with Gasteiger partial charge in [-0.05, 0) is 24.1 Å². The molecule has 1 aromatic heterocycles. The topological polar surface area (TPSA) is 107 Å². The zero-order valence-electron chi connectivity index (χ0n) is 10.8. The molecule has 9 heteroatoms. The number of H-pyrrole nitrogens is 1. The Morgan fingerprint density at radius 2 is 2.21 bits per heavy atom. The summed E-state index contributed by atoms with van der Waals surface area (Å²) in [6.07, 6.45) is -0.599. The fourth-order valence-electron chi connectivity index (χ4n) is 1.40. The van der Waals surface area contributed by atoms with Crippen molar-refractivity contribution in [2.24, 2.45) is 5.41 Å². The summed E-state index contributed by atoms with van der Waals surface area (Å²) in [6, 6.07) is -0.868. The highest BCUT2D eigenvalue weighted by atomic mass is 32.1. The minimum absolute atomic E-state index is 0.319. The number of hydrogen-bond donors (Lipinski definition) is 4. The Kier molecular flexibility index (Phi) is 5.01. The maximum absolute atomic E-state index is 12.1. The van der Waals surface area contributed by atoms with Crippen molar-refractivity contribution in [1.29, 1.82) is 0 Å². The lowest BCUT2D eigenvalue weighted by atomic mass is 9.81. The largest absolute Gasteiger partial charge is 0.465 e. The Labute approximate surface area is 119 Å².